The van der Waals surface area contributed by atoms with Crippen molar-refractivity contribution < 1.29 is 19.1 Å². The van der Waals surface area contributed by atoms with Crippen molar-refractivity contribution in [2.45, 2.75) is 58.1 Å². The first-order chi connectivity index (χ1) is 11.6. The van der Waals surface area contributed by atoms with Gasteiger partial charge in [-0.1, -0.05) is 18.2 Å². The lowest BCUT2D eigenvalue weighted by Gasteiger charge is -2.24. The summed E-state index contributed by atoms with van der Waals surface area (Å²) in [4.78, 5) is 38.1. The molecule has 1 unspecified atom stereocenters. The first-order valence-corrected chi connectivity index (χ1v) is 8.58. The van der Waals surface area contributed by atoms with Crippen molar-refractivity contribution in [2.24, 2.45) is 0 Å². The molecule has 1 aliphatic heterocycles. The minimum Gasteiger partial charge on any atom is -0.459 e. The van der Waals surface area contributed by atoms with E-state index in [0.29, 0.717) is 0 Å². The highest BCUT2D eigenvalue weighted by Crippen LogP contribution is 2.32. The first kappa shape index (κ1) is 17.5. The van der Waals surface area contributed by atoms with Gasteiger partial charge >= 0.3 is 12.0 Å². The summed E-state index contributed by atoms with van der Waals surface area (Å²) in [5, 5.41) is 2.74. The smallest absolute Gasteiger partial charge is 0.326 e. The molecule has 2 aliphatic rings. The summed E-state index contributed by atoms with van der Waals surface area (Å²) in [5.74, 6) is -1.03. The number of fused-ring (bicyclic) bond motifs is 1. The number of aryl methyl sites for hydroxylation is 2. The Morgan fingerprint density at radius 3 is 2.60 bits per heavy atom. The van der Waals surface area contributed by atoms with Crippen LogP contribution in [0.5, 0.6) is 0 Å². The van der Waals surface area contributed by atoms with Gasteiger partial charge in [0.05, 0.1) is 0 Å². The Kier molecular flexibility index (Phi) is 4.09. The number of carbonyl (C=O) groups is 3. The molecule has 1 atom stereocenters. The summed E-state index contributed by atoms with van der Waals surface area (Å²) in [7, 11) is 0. The molecule has 1 heterocycles. The molecule has 0 radical (unpaired) electrons. The monoisotopic (exact) mass is 344 g/mol. The van der Waals surface area contributed by atoms with Crippen molar-refractivity contribution in [3.05, 3.63) is 34.9 Å². The molecule has 0 saturated carbocycles. The highest BCUT2D eigenvalue weighted by atomic mass is 16.6. The maximum atomic E-state index is 12.9. The number of nitrogens with zero attached hydrogens (tertiary/aromatic N) is 1. The number of ether oxygens (including phenoxy) is 1. The van der Waals surface area contributed by atoms with Crippen molar-refractivity contribution in [3.8, 4) is 0 Å². The van der Waals surface area contributed by atoms with E-state index in [1.54, 1.807) is 27.7 Å². The molecule has 1 aromatic rings. The van der Waals surface area contributed by atoms with Crippen LogP contribution in [0.25, 0.3) is 0 Å². The molecule has 6 heteroatoms. The van der Waals surface area contributed by atoms with Crippen LogP contribution in [0.2, 0.25) is 0 Å². The molecule has 1 aromatic carbocycles. The van der Waals surface area contributed by atoms with Crippen LogP contribution in [0, 0.1) is 0 Å². The van der Waals surface area contributed by atoms with Crippen molar-refractivity contribution in [2.75, 3.05) is 6.54 Å². The number of carbonyl (C=O) groups excluding carboxylic acids is 3. The number of urea groups is 1. The second-order valence-corrected chi connectivity index (χ2v) is 7.87. The second-order valence-electron chi connectivity index (χ2n) is 7.87. The number of esters is 1. The Balaban J connectivity index is 1.81. The average Bonchev–Trinajstić information content (AvgIpc) is 3.04. The number of benzene rings is 1. The van der Waals surface area contributed by atoms with Crippen molar-refractivity contribution in [1.82, 2.24) is 10.2 Å². The number of rotatable bonds is 3. The van der Waals surface area contributed by atoms with Crippen LogP contribution < -0.4 is 5.32 Å². The van der Waals surface area contributed by atoms with Gasteiger partial charge in [-0.15, -0.1) is 0 Å². The van der Waals surface area contributed by atoms with Gasteiger partial charge in [0.1, 0.15) is 17.7 Å². The number of hydrogen-bond donors (Lipinski definition) is 1. The molecule has 1 fully saturated rings. The lowest BCUT2D eigenvalue weighted by molar-refractivity contribution is -0.157. The lowest BCUT2D eigenvalue weighted by Crippen LogP contribution is -2.42. The maximum Gasteiger partial charge on any atom is 0.326 e. The fraction of sp³-hybridized carbons (Fsp3) is 0.526. The SMILES string of the molecule is CC(C)(C)OC(=O)CN1C(=O)NC(C)(c2ccc3c(c2)CCC3)C1=O. The minimum atomic E-state index is -1.16. The van der Waals surface area contributed by atoms with E-state index in [-0.39, 0.29) is 6.54 Å². The zero-order valence-corrected chi connectivity index (χ0v) is 15.1. The fourth-order valence-corrected chi connectivity index (χ4v) is 3.42. The Bertz CT molecular complexity index is 750. The quantitative estimate of drug-likeness (QED) is 0.674. The van der Waals surface area contributed by atoms with Crippen LogP contribution in [0.3, 0.4) is 0 Å². The Morgan fingerprint density at radius 2 is 1.92 bits per heavy atom. The molecule has 0 spiro atoms. The normalized spacial score (nSPS) is 22.8. The van der Waals surface area contributed by atoms with Crippen LogP contribution in [-0.2, 0) is 32.7 Å². The number of hydrogen-bond acceptors (Lipinski definition) is 4. The zero-order chi connectivity index (χ0) is 18.4. The summed E-state index contributed by atoms with van der Waals surface area (Å²) in [6.07, 6.45) is 3.15. The molecule has 0 aromatic heterocycles. The summed E-state index contributed by atoms with van der Waals surface area (Å²) in [6.45, 7) is 6.52. The summed E-state index contributed by atoms with van der Waals surface area (Å²) in [5.41, 5.74) is 1.45. The molecule has 25 heavy (non-hydrogen) atoms. The molecular formula is C19H24N2O4. The van der Waals surface area contributed by atoms with E-state index in [0.717, 1.165) is 29.7 Å². The third kappa shape index (κ3) is 3.25. The number of imide groups is 1. The topological polar surface area (TPSA) is 75.7 Å². The molecule has 0 bridgehead atoms. The largest absolute Gasteiger partial charge is 0.459 e. The van der Waals surface area contributed by atoms with E-state index in [1.165, 1.54) is 11.1 Å². The van der Waals surface area contributed by atoms with Gasteiger partial charge in [0.25, 0.3) is 5.91 Å². The lowest BCUT2D eigenvalue weighted by atomic mass is 9.90. The van der Waals surface area contributed by atoms with Gasteiger partial charge in [-0.3, -0.25) is 14.5 Å². The maximum absolute atomic E-state index is 12.9. The van der Waals surface area contributed by atoms with Gasteiger partial charge in [-0.05, 0) is 63.6 Å². The van der Waals surface area contributed by atoms with Gasteiger partial charge in [0, 0.05) is 0 Å². The van der Waals surface area contributed by atoms with E-state index in [2.05, 4.69) is 5.32 Å². The molecule has 134 valence electrons. The molecule has 3 amide bonds. The molecular weight excluding hydrogens is 320 g/mol. The summed E-state index contributed by atoms with van der Waals surface area (Å²) < 4.78 is 5.22. The van der Waals surface area contributed by atoms with E-state index in [4.69, 9.17) is 4.74 Å². The molecule has 1 saturated heterocycles. The number of nitrogens with one attached hydrogen (secondary N) is 1. The van der Waals surface area contributed by atoms with E-state index in [9.17, 15) is 14.4 Å². The third-order valence-electron chi connectivity index (χ3n) is 4.66. The molecule has 6 nitrogen and oxygen atoms in total. The van der Waals surface area contributed by atoms with Gasteiger partial charge in [-0.2, -0.15) is 0 Å². The van der Waals surface area contributed by atoms with E-state index in [1.807, 2.05) is 18.2 Å². The second kappa shape index (κ2) is 5.86. The van der Waals surface area contributed by atoms with Gasteiger partial charge in [0.2, 0.25) is 0 Å². The Hall–Kier alpha value is -2.37. The summed E-state index contributed by atoms with van der Waals surface area (Å²) >= 11 is 0. The molecule has 1 aliphatic carbocycles. The predicted molar refractivity (Wildman–Crippen MR) is 91.9 cm³/mol. The summed E-state index contributed by atoms with van der Waals surface area (Å²) in [6, 6.07) is 5.34. The molecule has 1 N–H and O–H groups in total. The van der Waals surface area contributed by atoms with E-state index < -0.39 is 29.0 Å². The van der Waals surface area contributed by atoms with Crippen LogP contribution in [0.1, 0.15) is 50.8 Å². The van der Waals surface area contributed by atoms with E-state index >= 15 is 0 Å². The third-order valence-corrected chi connectivity index (χ3v) is 4.66. The van der Waals surface area contributed by atoms with Crippen LogP contribution >= 0.6 is 0 Å². The van der Waals surface area contributed by atoms with Gasteiger partial charge < -0.3 is 10.1 Å². The van der Waals surface area contributed by atoms with Gasteiger partial charge in [-0.25, -0.2) is 4.79 Å². The van der Waals surface area contributed by atoms with Crippen molar-refractivity contribution in [3.63, 3.8) is 0 Å². The zero-order valence-electron chi connectivity index (χ0n) is 15.1. The van der Waals surface area contributed by atoms with Crippen LogP contribution in [0.4, 0.5) is 4.79 Å². The first-order valence-electron chi connectivity index (χ1n) is 8.58. The Morgan fingerprint density at radius 1 is 1.24 bits per heavy atom. The Labute approximate surface area is 147 Å². The van der Waals surface area contributed by atoms with Crippen molar-refractivity contribution >= 4 is 17.9 Å². The molecule has 3 rings (SSSR count). The van der Waals surface area contributed by atoms with Gasteiger partial charge in [0.15, 0.2) is 0 Å². The number of amides is 3. The average molecular weight is 344 g/mol. The van der Waals surface area contributed by atoms with Crippen LogP contribution in [0.15, 0.2) is 18.2 Å². The minimum absolute atomic E-state index is 0.386. The standard InChI is InChI=1S/C19H24N2O4/c1-18(2,3)25-15(22)11-21-16(23)19(4,20-17(21)24)14-9-8-12-6-5-7-13(12)10-14/h8-10H,5-7,11H2,1-4H3,(H,20,24). The fourth-order valence-electron chi connectivity index (χ4n) is 3.42. The highest BCUT2D eigenvalue weighted by molar-refractivity contribution is 6.08. The van der Waals surface area contributed by atoms with Crippen LogP contribution in [-0.4, -0.2) is 35.0 Å². The highest BCUT2D eigenvalue weighted by Gasteiger charge is 2.50. The van der Waals surface area contributed by atoms with Crippen molar-refractivity contribution in [1.29, 1.82) is 0 Å². The predicted octanol–water partition coefficient (Wildman–Crippen LogP) is 2.28.